The van der Waals surface area contributed by atoms with Gasteiger partial charge in [0.15, 0.2) is 0 Å². The quantitative estimate of drug-likeness (QED) is 0.361. The van der Waals surface area contributed by atoms with Crippen molar-refractivity contribution in [2.24, 2.45) is 11.5 Å². The van der Waals surface area contributed by atoms with Crippen LogP contribution in [0.5, 0.6) is 5.75 Å². The van der Waals surface area contributed by atoms with Crippen LogP contribution in [0.15, 0.2) is 43.1 Å². The number of amides is 1. The molecule has 2 aliphatic heterocycles. The summed E-state index contributed by atoms with van der Waals surface area (Å²) in [6, 6.07) is 7.72. The number of H-pyrrole nitrogens is 1. The molecule has 2 unspecified atom stereocenters. The maximum absolute atomic E-state index is 10.1. The number of phenols is 1. The number of nitrogen functional groups attached to an aromatic ring is 1. The molecule has 2 saturated heterocycles. The molecular formula is C30H45N5O4. The maximum Gasteiger partial charge on any atom is 0.240 e. The fourth-order valence-electron chi connectivity index (χ4n) is 5.32. The Kier molecular flexibility index (Phi) is 12.4. The lowest BCUT2D eigenvalue weighted by atomic mass is 9.80. The first-order valence-electron chi connectivity index (χ1n) is 13.9. The summed E-state index contributed by atoms with van der Waals surface area (Å²) in [6.07, 6.45) is 13.7. The third-order valence-corrected chi connectivity index (χ3v) is 7.43. The zero-order chi connectivity index (χ0) is 28.0. The number of aromatic nitrogens is 1. The summed E-state index contributed by atoms with van der Waals surface area (Å²) in [5, 5.41) is 10.1. The first-order valence-corrected chi connectivity index (χ1v) is 13.9. The largest absolute Gasteiger partial charge is 0.507 e. The van der Waals surface area contributed by atoms with E-state index in [0.29, 0.717) is 29.0 Å². The van der Waals surface area contributed by atoms with E-state index in [2.05, 4.69) is 22.2 Å². The van der Waals surface area contributed by atoms with E-state index in [0.717, 1.165) is 64.0 Å². The Bertz CT molecular complexity index is 1060. The molecule has 1 saturated carbocycles. The Morgan fingerprint density at radius 3 is 2.28 bits per heavy atom. The van der Waals surface area contributed by atoms with Gasteiger partial charge in [-0.05, 0) is 74.3 Å². The molecule has 1 aliphatic carbocycles. The Morgan fingerprint density at radius 2 is 1.69 bits per heavy atom. The van der Waals surface area contributed by atoms with Gasteiger partial charge in [0.1, 0.15) is 11.6 Å². The number of primary amides is 1. The number of hydrogen-bond acceptors (Lipinski definition) is 7. The zero-order valence-corrected chi connectivity index (χ0v) is 22.9. The maximum atomic E-state index is 10.1. The number of nitrogens with two attached hydrogens (primary N) is 3. The molecule has 1 aromatic heterocycles. The number of nitrogens with one attached hydrogen (secondary N) is 1. The van der Waals surface area contributed by atoms with E-state index < -0.39 is 5.91 Å². The van der Waals surface area contributed by atoms with Crippen molar-refractivity contribution in [3.05, 3.63) is 59.8 Å². The number of anilines is 1. The van der Waals surface area contributed by atoms with E-state index >= 15 is 0 Å². The highest BCUT2D eigenvalue weighted by molar-refractivity contribution is 5.86. The standard InChI is InChI=1S/C22H30N4O2.C5H10O.C3H5NO/c23-20(17-6-1-2-7-21(17)27)13-18-19(14-25-22(18)24)15-4-3-5-16(12-15)26-8-10-28-11-9-26;1-2-4-6-5-3-1;1-2-3(4)5/h1-2,6-7,13-16,25,27H,3-5,8-12,23-24H2;1-5H2;2H,1H2,(H2,4,5)/b20-13-;;. The number of phenolic OH excluding ortho intramolecular Hbond substituents is 1. The first-order chi connectivity index (χ1) is 18.9. The second kappa shape index (κ2) is 16.0. The highest BCUT2D eigenvalue weighted by Gasteiger charge is 2.30. The van der Waals surface area contributed by atoms with Crippen LogP contribution in [0.25, 0.3) is 11.8 Å². The summed E-state index contributed by atoms with van der Waals surface area (Å²) in [5.74, 6) is 0.780. The van der Waals surface area contributed by atoms with Gasteiger partial charge < -0.3 is 36.8 Å². The lowest BCUT2D eigenvalue weighted by Gasteiger charge is -2.39. The lowest BCUT2D eigenvalue weighted by Crippen LogP contribution is -2.45. The van der Waals surface area contributed by atoms with Crippen molar-refractivity contribution in [1.29, 1.82) is 0 Å². The Morgan fingerprint density at radius 1 is 1.03 bits per heavy atom. The lowest BCUT2D eigenvalue weighted by molar-refractivity contribution is -0.113. The molecule has 0 spiro atoms. The molecule has 3 aliphatic rings. The van der Waals surface area contributed by atoms with E-state index in [9.17, 15) is 9.90 Å². The minimum atomic E-state index is -0.481. The molecule has 3 heterocycles. The normalized spacial score (nSPS) is 22.0. The third-order valence-electron chi connectivity index (χ3n) is 7.43. The topological polar surface area (TPSA) is 153 Å². The second-order valence-electron chi connectivity index (χ2n) is 10.1. The minimum Gasteiger partial charge on any atom is -0.507 e. The molecule has 214 valence electrons. The fourth-order valence-corrected chi connectivity index (χ4v) is 5.32. The van der Waals surface area contributed by atoms with E-state index in [-0.39, 0.29) is 5.75 Å². The SMILES string of the molecule is C1CCOCC1.C=CC(N)=O.N/C(=C\c1c(C2CCCC(N3CCOCC3)C2)c[nH]c1N)c1ccccc1O. The van der Waals surface area contributed by atoms with E-state index in [1.807, 2.05) is 24.4 Å². The summed E-state index contributed by atoms with van der Waals surface area (Å²) < 4.78 is 10.6. The van der Waals surface area contributed by atoms with Gasteiger partial charge in [0.25, 0.3) is 0 Å². The number of benzene rings is 1. The molecule has 8 N–H and O–H groups in total. The molecular weight excluding hydrogens is 494 g/mol. The van der Waals surface area contributed by atoms with Crippen LogP contribution in [-0.4, -0.2) is 66.5 Å². The highest BCUT2D eigenvalue weighted by Crippen LogP contribution is 2.39. The fraction of sp³-hybridized carbons (Fsp3) is 0.500. The summed E-state index contributed by atoms with van der Waals surface area (Å²) in [4.78, 5) is 15.2. The number of aromatic amines is 1. The number of rotatable bonds is 5. The molecule has 1 amide bonds. The number of para-hydroxylation sites is 1. The highest BCUT2D eigenvalue weighted by atomic mass is 16.5. The van der Waals surface area contributed by atoms with Crippen LogP contribution < -0.4 is 17.2 Å². The van der Waals surface area contributed by atoms with Gasteiger partial charge in [-0.2, -0.15) is 0 Å². The molecule has 9 nitrogen and oxygen atoms in total. The molecule has 0 bridgehead atoms. The molecule has 39 heavy (non-hydrogen) atoms. The predicted octanol–water partition coefficient (Wildman–Crippen LogP) is 3.96. The third kappa shape index (κ3) is 9.45. The molecule has 3 fully saturated rings. The summed E-state index contributed by atoms with van der Waals surface area (Å²) in [7, 11) is 0. The van der Waals surface area contributed by atoms with Crippen molar-refractivity contribution < 1.29 is 19.4 Å². The van der Waals surface area contributed by atoms with Crippen LogP contribution >= 0.6 is 0 Å². The van der Waals surface area contributed by atoms with Crippen LogP contribution in [-0.2, 0) is 14.3 Å². The van der Waals surface area contributed by atoms with E-state index in [1.165, 1.54) is 37.7 Å². The molecule has 0 radical (unpaired) electrons. The van der Waals surface area contributed by atoms with Crippen molar-refractivity contribution >= 4 is 23.5 Å². The van der Waals surface area contributed by atoms with Crippen LogP contribution in [0.1, 0.15) is 67.6 Å². The number of carbonyl (C=O) groups excluding carboxylic acids is 1. The molecule has 1 aromatic carbocycles. The van der Waals surface area contributed by atoms with Crippen molar-refractivity contribution in [1.82, 2.24) is 9.88 Å². The summed E-state index contributed by atoms with van der Waals surface area (Å²) in [5.41, 5.74) is 20.4. The zero-order valence-electron chi connectivity index (χ0n) is 22.9. The predicted molar refractivity (Wildman–Crippen MR) is 157 cm³/mol. The molecule has 5 rings (SSSR count). The molecule has 2 atom stereocenters. The van der Waals surface area contributed by atoms with Gasteiger partial charge in [-0.15, -0.1) is 0 Å². The van der Waals surface area contributed by atoms with E-state index in [4.69, 9.17) is 20.9 Å². The Labute approximate surface area is 232 Å². The van der Waals surface area contributed by atoms with Crippen LogP contribution in [0.4, 0.5) is 5.82 Å². The number of carbonyl (C=O) groups is 1. The van der Waals surface area contributed by atoms with Crippen LogP contribution in [0.2, 0.25) is 0 Å². The first kappa shape index (κ1) is 30.3. The Hall–Kier alpha value is -3.27. The smallest absolute Gasteiger partial charge is 0.240 e. The van der Waals surface area contributed by atoms with Crippen molar-refractivity contribution in [2.75, 3.05) is 45.3 Å². The van der Waals surface area contributed by atoms with Crippen LogP contribution in [0.3, 0.4) is 0 Å². The van der Waals surface area contributed by atoms with Gasteiger partial charge in [0.2, 0.25) is 5.91 Å². The number of hydrogen-bond donors (Lipinski definition) is 5. The Balaban J connectivity index is 0.000000320. The van der Waals surface area contributed by atoms with Gasteiger partial charge in [-0.3, -0.25) is 9.69 Å². The molecule has 2 aromatic rings. The van der Waals surface area contributed by atoms with Crippen LogP contribution in [0, 0.1) is 0 Å². The minimum absolute atomic E-state index is 0.178. The second-order valence-corrected chi connectivity index (χ2v) is 10.1. The van der Waals surface area contributed by atoms with Crippen molar-refractivity contribution in [2.45, 2.75) is 56.9 Å². The van der Waals surface area contributed by atoms with E-state index in [1.54, 1.807) is 12.1 Å². The van der Waals surface area contributed by atoms with Gasteiger partial charge in [0.05, 0.1) is 13.2 Å². The summed E-state index contributed by atoms with van der Waals surface area (Å²) >= 11 is 0. The average molecular weight is 540 g/mol. The van der Waals surface area contributed by atoms with Gasteiger partial charge in [-0.1, -0.05) is 25.1 Å². The van der Waals surface area contributed by atoms with Gasteiger partial charge in [0, 0.05) is 55.4 Å². The number of aromatic hydroxyl groups is 1. The van der Waals surface area contributed by atoms with Gasteiger partial charge >= 0.3 is 0 Å². The summed E-state index contributed by atoms with van der Waals surface area (Å²) in [6.45, 7) is 8.81. The number of morpholine rings is 1. The monoisotopic (exact) mass is 539 g/mol. The number of ether oxygens (including phenoxy) is 2. The molecule has 9 heteroatoms. The number of nitrogens with zero attached hydrogens (tertiary/aromatic N) is 1. The van der Waals surface area contributed by atoms with Gasteiger partial charge in [-0.25, -0.2) is 0 Å². The van der Waals surface area contributed by atoms with Crippen molar-refractivity contribution in [3.8, 4) is 5.75 Å². The van der Waals surface area contributed by atoms with Crippen molar-refractivity contribution in [3.63, 3.8) is 0 Å². The average Bonchev–Trinajstić information content (AvgIpc) is 3.35.